The van der Waals surface area contributed by atoms with Gasteiger partial charge in [-0.3, -0.25) is 4.79 Å². The second kappa shape index (κ2) is 8.74. The maximum absolute atomic E-state index is 10.4. The molecule has 14 heavy (non-hydrogen) atoms. The molecular weight excluding hydrogens is 200 g/mol. The van der Waals surface area contributed by atoms with Crippen molar-refractivity contribution in [3.8, 4) is 0 Å². The Kier molecular flexibility index (Phi) is 8.22. The molecule has 0 aromatic carbocycles. The van der Waals surface area contributed by atoms with Crippen LogP contribution < -0.4 is 10.6 Å². The molecule has 0 amide bonds. The Hall–Kier alpha value is -0.840. The van der Waals surface area contributed by atoms with E-state index in [4.69, 9.17) is 17.0 Å². The highest BCUT2D eigenvalue weighted by molar-refractivity contribution is 7.80. The summed E-state index contributed by atoms with van der Waals surface area (Å²) in [5.41, 5.74) is 0. The first-order valence-corrected chi connectivity index (χ1v) is 5.22. The van der Waals surface area contributed by atoms with Crippen LogP contribution in [0.15, 0.2) is 0 Å². The van der Waals surface area contributed by atoms with Gasteiger partial charge in [-0.1, -0.05) is 13.3 Å². The van der Waals surface area contributed by atoms with Gasteiger partial charge in [0.25, 0.3) is 0 Å². The van der Waals surface area contributed by atoms with Gasteiger partial charge in [0.1, 0.15) is 6.61 Å². The number of rotatable bonds is 6. The summed E-state index contributed by atoms with van der Waals surface area (Å²) in [6.07, 6.45) is 2.24. The lowest BCUT2D eigenvalue weighted by Crippen LogP contribution is -2.37. The summed E-state index contributed by atoms with van der Waals surface area (Å²) >= 11 is 4.98. The second-order valence-electron chi connectivity index (χ2n) is 2.88. The van der Waals surface area contributed by atoms with Crippen molar-refractivity contribution in [2.75, 3.05) is 19.7 Å². The van der Waals surface area contributed by atoms with Crippen LogP contribution in [-0.2, 0) is 9.53 Å². The van der Waals surface area contributed by atoms with E-state index in [9.17, 15) is 4.79 Å². The Labute approximate surface area is 90.4 Å². The Morgan fingerprint density at radius 2 is 2.00 bits per heavy atom. The third kappa shape index (κ3) is 9.25. The molecule has 0 saturated carbocycles. The smallest absolute Gasteiger partial charge is 0.302 e. The van der Waals surface area contributed by atoms with Crippen molar-refractivity contribution in [3.63, 3.8) is 0 Å². The minimum atomic E-state index is -0.267. The van der Waals surface area contributed by atoms with Crippen LogP contribution in [0.5, 0.6) is 0 Å². The zero-order chi connectivity index (χ0) is 10.8. The number of nitrogens with one attached hydrogen (secondary N) is 2. The monoisotopic (exact) mass is 218 g/mol. The molecule has 0 atom stereocenters. The van der Waals surface area contributed by atoms with Crippen LogP contribution in [0.4, 0.5) is 0 Å². The quantitative estimate of drug-likeness (QED) is 0.392. The maximum Gasteiger partial charge on any atom is 0.302 e. The number of hydrogen-bond donors (Lipinski definition) is 2. The number of esters is 1. The fourth-order valence-electron chi connectivity index (χ4n) is 0.801. The first kappa shape index (κ1) is 13.2. The van der Waals surface area contributed by atoms with Crippen molar-refractivity contribution < 1.29 is 9.53 Å². The molecule has 0 aliphatic heterocycles. The van der Waals surface area contributed by atoms with Gasteiger partial charge in [0.2, 0.25) is 0 Å². The van der Waals surface area contributed by atoms with Gasteiger partial charge < -0.3 is 15.4 Å². The Balaban J connectivity index is 3.22. The maximum atomic E-state index is 10.4. The molecule has 82 valence electrons. The molecule has 5 heteroatoms. The predicted molar refractivity (Wildman–Crippen MR) is 60.1 cm³/mol. The molecule has 4 nitrogen and oxygen atoms in total. The van der Waals surface area contributed by atoms with E-state index in [2.05, 4.69) is 17.6 Å². The van der Waals surface area contributed by atoms with Crippen LogP contribution in [0.25, 0.3) is 0 Å². The van der Waals surface area contributed by atoms with Gasteiger partial charge in [-0.15, -0.1) is 0 Å². The van der Waals surface area contributed by atoms with Crippen molar-refractivity contribution in [1.29, 1.82) is 0 Å². The summed E-state index contributed by atoms with van der Waals surface area (Å²) in [4.78, 5) is 10.4. The Morgan fingerprint density at radius 3 is 2.57 bits per heavy atom. The van der Waals surface area contributed by atoms with E-state index in [1.807, 2.05) is 0 Å². The number of thiocarbonyl (C=S) groups is 1. The van der Waals surface area contributed by atoms with Crippen molar-refractivity contribution in [3.05, 3.63) is 0 Å². The van der Waals surface area contributed by atoms with E-state index in [-0.39, 0.29) is 5.97 Å². The average molecular weight is 218 g/mol. The van der Waals surface area contributed by atoms with Crippen molar-refractivity contribution in [2.24, 2.45) is 0 Å². The summed E-state index contributed by atoms with van der Waals surface area (Å²) in [7, 11) is 0. The molecule has 2 N–H and O–H groups in total. The number of unbranched alkanes of at least 4 members (excludes halogenated alkanes) is 1. The lowest BCUT2D eigenvalue weighted by molar-refractivity contribution is -0.140. The number of ether oxygens (including phenoxy) is 1. The average Bonchev–Trinajstić information content (AvgIpc) is 2.13. The molecule has 0 unspecified atom stereocenters. The van der Waals surface area contributed by atoms with Crippen molar-refractivity contribution >= 4 is 23.3 Å². The molecule has 0 saturated heterocycles. The van der Waals surface area contributed by atoms with Crippen LogP contribution in [0.2, 0.25) is 0 Å². The van der Waals surface area contributed by atoms with E-state index in [1.54, 1.807) is 0 Å². The van der Waals surface area contributed by atoms with Gasteiger partial charge in [0, 0.05) is 13.5 Å². The minimum absolute atomic E-state index is 0.267. The normalized spacial score (nSPS) is 9.29. The highest BCUT2D eigenvalue weighted by atomic mass is 32.1. The number of carbonyl (C=O) groups excluding carboxylic acids is 1. The SMILES string of the molecule is CCCCNC(=S)NCCOC(C)=O. The van der Waals surface area contributed by atoms with Crippen LogP contribution in [-0.4, -0.2) is 30.8 Å². The molecule has 0 aliphatic carbocycles. The van der Waals surface area contributed by atoms with Crippen LogP contribution in [0.3, 0.4) is 0 Å². The molecular formula is C9H18N2O2S. The van der Waals surface area contributed by atoms with E-state index in [0.717, 1.165) is 19.4 Å². The zero-order valence-corrected chi connectivity index (χ0v) is 9.58. The van der Waals surface area contributed by atoms with Gasteiger partial charge in [-0.05, 0) is 18.6 Å². The van der Waals surface area contributed by atoms with Gasteiger partial charge in [-0.25, -0.2) is 0 Å². The Morgan fingerprint density at radius 1 is 1.36 bits per heavy atom. The molecule has 0 bridgehead atoms. The first-order chi connectivity index (χ1) is 6.66. The lowest BCUT2D eigenvalue weighted by atomic mass is 10.3. The van der Waals surface area contributed by atoms with Crippen LogP contribution in [0, 0.1) is 0 Å². The molecule has 0 radical (unpaired) electrons. The first-order valence-electron chi connectivity index (χ1n) is 4.82. The Bertz CT molecular complexity index is 186. The fraction of sp³-hybridized carbons (Fsp3) is 0.778. The highest BCUT2D eigenvalue weighted by Crippen LogP contribution is 1.82. The molecule has 0 aromatic heterocycles. The van der Waals surface area contributed by atoms with E-state index >= 15 is 0 Å². The number of carbonyl (C=O) groups is 1. The van der Waals surface area contributed by atoms with Crippen molar-refractivity contribution in [2.45, 2.75) is 26.7 Å². The highest BCUT2D eigenvalue weighted by Gasteiger charge is 1.95. The van der Waals surface area contributed by atoms with E-state index < -0.39 is 0 Å². The van der Waals surface area contributed by atoms with Gasteiger partial charge in [-0.2, -0.15) is 0 Å². The molecule has 0 aromatic rings. The molecule has 0 fully saturated rings. The van der Waals surface area contributed by atoms with E-state index in [1.165, 1.54) is 6.92 Å². The molecule has 0 heterocycles. The van der Waals surface area contributed by atoms with E-state index in [0.29, 0.717) is 18.3 Å². The second-order valence-corrected chi connectivity index (χ2v) is 3.28. The summed E-state index contributed by atoms with van der Waals surface area (Å²) in [5.74, 6) is -0.267. The molecule has 0 rings (SSSR count). The zero-order valence-electron chi connectivity index (χ0n) is 8.76. The van der Waals surface area contributed by atoms with Gasteiger partial charge in [0.15, 0.2) is 5.11 Å². The van der Waals surface area contributed by atoms with Crippen molar-refractivity contribution in [1.82, 2.24) is 10.6 Å². The number of hydrogen-bond acceptors (Lipinski definition) is 3. The van der Waals surface area contributed by atoms with Crippen LogP contribution in [0.1, 0.15) is 26.7 Å². The topological polar surface area (TPSA) is 50.4 Å². The summed E-state index contributed by atoms with van der Waals surface area (Å²) in [6.45, 7) is 5.30. The molecule has 0 aliphatic rings. The van der Waals surface area contributed by atoms with Gasteiger partial charge in [0.05, 0.1) is 6.54 Å². The summed E-state index contributed by atoms with van der Waals surface area (Å²) in [5, 5.41) is 6.61. The minimum Gasteiger partial charge on any atom is -0.464 e. The summed E-state index contributed by atoms with van der Waals surface area (Å²) < 4.78 is 4.73. The largest absolute Gasteiger partial charge is 0.464 e. The third-order valence-corrected chi connectivity index (χ3v) is 1.80. The molecule has 0 spiro atoms. The predicted octanol–water partition coefficient (Wildman–Crippen LogP) is 0.814. The third-order valence-electron chi connectivity index (χ3n) is 1.51. The van der Waals surface area contributed by atoms with Gasteiger partial charge >= 0.3 is 5.97 Å². The summed E-state index contributed by atoms with van der Waals surface area (Å²) in [6, 6.07) is 0. The lowest BCUT2D eigenvalue weighted by Gasteiger charge is -2.09. The standard InChI is InChI=1S/C9H18N2O2S/c1-3-4-5-10-9(14)11-6-7-13-8(2)12/h3-7H2,1-2H3,(H2,10,11,14). The fourth-order valence-corrected chi connectivity index (χ4v) is 1.00. The van der Waals surface area contributed by atoms with Crippen LogP contribution >= 0.6 is 12.2 Å².